The van der Waals surface area contributed by atoms with Gasteiger partial charge < -0.3 is 11.1 Å². The SMILES string of the molecule is Nc1ccc(C2(C(=O)NCCc3cccnc3)CC2)cc1. The minimum atomic E-state index is -0.331. The van der Waals surface area contributed by atoms with Crippen LogP contribution in [0.4, 0.5) is 5.69 Å². The minimum absolute atomic E-state index is 0.121. The van der Waals surface area contributed by atoms with Crippen molar-refractivity contribution in [3.05, 3.63) is 59.9 Å². The summed E-state index contributed by atoms with van der Waals surface area (Å²) in [6.45, 7) is 0.640. The Hall–Kier alpha value is -2.36. The van der Waals surface area contributed by atoms with Crippen molar-refractivity contribution in [2.75, 3.05) is 12.3 Å². The van der Waals surface area contributed by atoms with E-state index in [4.69, 9.17) is 5.73 Å². The zero-order chi connectivity index (χ0) is 14.7. The Labute approximate surface area is 124 Å². The number of hydrogen-bond donors (Lipinski definition) is 2. The maximum Gasteiger partial charge on any atom is 0.230 e. The van der Waals surface area contributed by atoms with Gasteiger partial charge in [0.15, 0.2) is 0 Å². The Balaban J connectivity index is 1.59. The average molecular weight is 281 g/mol. The van der Waals surface area contributed by atoms with Gasteiger partial charge in [-0.2, -0.15) is 0 Å². The summed E-state index contributed by atoms with van der Waals surface area (Å²) >= 11 is 0. The smallest absolute Gasteiger partial charge is 0.230 e. The molecule has 0 radical (unpaired) electrons. The van der Waals surface area contributed by atoms with Crippen LogP contribution in [0.3, 0.4) is 0 Å². The first-order chi connectivity index (χ1) is 10.2. The van der Waals surface area contributed by atoms with Crippen LogP contribution < -0.4 is 11.1 Å². The van der Waals surface area contributed by atoms with E-state index in [9.17, 15) is 4.79 Å². The quantitative estimate of drug-likeness (QED) is 0.824. The van der Waals surface area contributed by atoms with Gasteiger partial charge in [-0.15, -0.1) is 0 Å². The zero-order valence-corrected chi connectivity index (χ0v) is 11.9. The van der Waals surface area contributed by atoms with Gasteiger partial charge in [-0.25, -0.2) is 0 Å². The van der Waals surface area contributed by atoms with Crippen molar-refractivity contribution >= 4 is 11.6 Å². The highest BCUT2D eigenvalue weighted by Gasteiger charge is 2.50. The van der Waals surface area contributed by atoms with Gasteiger partial charge >= 0.3 is 0 Å². The molecule has 3 N–H and O–H groups in total. The number of aromatic nitrogens is 1. The van der Waals surface area contributed by atoms with E-state index in [1.165, 1.54) is 0 Å². The van der Waals surface area contributed by atoms with Crippen LogP contribution in [-0.2, 0) is 16.6 Å². The number of nitrogens with zero attached hydrogens (tertiary/aromatic N) is 1. The second-order valence-corrected chi connectivity index (χ2v) is 5.57. The third-order valence-electron chi connectivity index (χ3n) is 4.07. The lowest BCUT2D eigenvalue weighted by atomic mass is 9.94. The summed E-state index contributed by atoms with van der Waals surface area (Å²) in [5.74, 6) is 0.121. The summed E-state index contributed by atoms with van der Waals surface area (Å²) in [5.41, 5.74) is 8.30. The van der Waals surface area contributed by atoms with Crippen LogP contribution in [0, 0.1) is 0 Å². The normalized spacial score (nSPS) is 15.4. The standard InChI is InChI=1S/C17H19N3O/c18-15-5-3-14(4-6-15)17(8-9-17)16(21)20-11-7-13-2-1-10-19-12-13/h1-6,10,12H,7-9,11,18H2,(H,20,21). The molecule has 0 atom stereocenters. The molecule has 1 amide bonds. The molecule has 0 unspecified atom stereocenters. The summed E-state index contributed by atoms with van der Waals surface area (Å²) in [4.78, 5) is 16.5. The van der Waals surface area contributed by atoms with Crippen molar-refractivity contribution in [1.29, 1.82) is 0 Å². The molecule has 1 aliphatic rings. The Kier molecular flexibility index (Phi) is 3.60. The van der Waals surface area contributed by atoms with E-state index < -0.39 is 0 Å². The van der Waals surface area contributed by atoms with Crippen molar-refractivity contribution in [3.8, 4) is 0 Å². The molecule has 3 rings (SSSR count). The molecule has 1 aromatic carbocycles. The lowest BCUT2D eigenvalue weighted by molar-refractivity contribution is -0.123. The third-order valence-corrected chi connectivity index (χ3v) is 4.07. The molecule has 21 heavy (non-hydrogen) atoms. The number of rotatable bonds is 5. The summed E-state index contributed by atoms with van der Waals surface area (Å²) in [5, 5.41) is 3.05. The lowest BCUT2D eigenvalue weighted by Crippen LogP contribution is -2.35. The highest BCUT2D eigenvalue weighted by Crippen LogP contribution is 2.48. The van der Waals surface area contributed by atoms with Gasteiger partial charge in [-0.3, -0.25) is 9.78 Å². The van der Waals surface area contributed by atoms with Gasteiger partial charge in [0.1, 0.15) is 0 Å². The van der Waals surface area contributed by atoms with E-state index in [0.29, 0.717) is 6.54 Å². The zero-order valence-electron chi connectivity index (χ0n) is 11.9. The molecule has 1 fully saturated rings. The number of amides is 1. The van der Waals surface area contributed by atoms with Gasteiger partial charge in [0.05, 0.1) is 5.41 Å². The van der Waals surface area contributed by atoms with Gasteiger partial charge in [-0.05, 0) is 48.6 Å². The fourth-order valence-corrected chi connectivity index (χ4v) is 2.61. The Bertz CT molecular complexity index is 618. The Morgan fingerprint density at radius 1 is 1.24 bits per heavy atom. The average Bonchev–Trinajstić information content (AvgIpc) is 3.31. The second-order valence-electron chi connectivity index (χ2n) is 5.57. The molecule has 0 aliphatic heterocycles. The number of anilines is 1. The predicted octanol–water partition coefficient (Wildman–Crippen LogP) is 2.05. The van der Waals surface area contributed by atoms with Crippen LogP contribution in [0.2, 0.25) is 0 Å². The number of nitrogens with two attached hydrogens (primary N) is 1. The minimum Gasteiger partial charge on any atom is -0.399 e. The number of benzene rings is 1. The van der Waals surface area contributed by atoms with Crippen LogP contribution in [0.15, 0.2) is 48.8 Å². The van der Waals surface area contributed by atoms with Crippen molar-refractivity contribution in [2.45, 2.75) is 24.7 Å². The number of hydrogen-bond acceptors (Lipinski definition) is 3. The molecule has 1 heterocycles. The molecule has 1 aromatic heterocycles. The second kappa shape index (κ2) is 5.56. The first-order valence-corrected chi connectivity index (χ1v) is 7.24. The number of pyridine rings is 1. The van der Waals surface area contributed by atoms with E-state index >= 15 is 0 Å². The number of nitrogens with one attached hydrogen (secondary N) is 1. The Morgan fingerprint density at radius 3 is 2.62 bits per heavy atom. The first-order valence-electron chi connectivity index (χ1n) is 7.24. The molecule has 0 spiro atoms. The molecular weight excluding hydrogens is 262 g/mol. The number of carbonyl (C=O) groups excluding carboxylic acids is 1. The topological polar surface area (TPSA) is 68.0 Å². The van der Waals surface area contributed by atoms with E-state index in [2.05, 4.69) is 10.3 Å². The molecule has 2 aromatic rings. The van der Waals surface area contributed by atoms with Gasteiger partial charge in [-0.1, -0.05) is 18.2 Å². The molecule has 4 nitrogen and oxygen atoms in total. The number of carbonyl (C=O) groups is 1. The fourth-order valence-electron chi connectivity index (χ4n) is 2.61. The predicted molar refractivity (Wildman–Crippen MR) is 82.7 cm³/mol. The molecule has 4 heteroatoms. The third kappa shape index (κ3) is 2.89. The van der Waals surface area contributed by atoms with Crippen molar-refractivity contribution in [2.24, 2.45) is 0 Å². The molecule has 108 valence electrons. The van der Waals surface area contributed by atoms with E-state index in [0.717, 1.165) is 36.1 Å². The monoisotopic (exact) mass is 281 g/mol. The van der Waals surface area contributed by atoms with Gasteiger partial charge in [0, 0.05) is 24.6 Å². The highest BCUT2D eigenvalue weighted by atomic mass is 16.2. The molecule has 1 aliphatic carbocycles. The first kappa shape index (κ1) is 13.6. The van der Waals surface area contributed by atoms with Crippen LogP contribution in [-0.4, -0.2) is 17.4 Å². The summed E-state index contributed by atoms with van der Waals surface area (Å²) in [6.07, 6.45) is 6.21. The summed E-state index contributed by atoms with van der Waals surface area (Å²) in [6, 6.07) is 11.6. The number of nitrogen functional groups attached to an aromatic ring is 1. The molecule has 0 bridgehead atoms. The van der Waals surface area contributed by atoms with E-state index in [1.54, 1.807) is 6.20 Å². The van der Waals surface area contributed by atoms with Crippen molar-refractivity contribution in [3.63, 3.8) is 0 Å². The maximum atomic E-state index is 12.4. The van der Waals surface area contributed by atoms with Crippen LogP contribution >= 0.6 is 0 Å². The van der Waals surface area contributed by atoms with Crippen molar-refractivity contribution < 1.29 is 4.79 Å². The lowest BCUT2D eigenvalue weighted by Gasteiger charge is -2.16. The van der Waals surface area contributed by atoms with Crippen LogP contribution in [0.5, 0.6) is 0 Å². The molecular formula is C17H19N3O. The van der Waals surface area contributed by atoms with Crippen LogP contribution in [0.1, 0.15) is 24.0 Å². The summed E-state index contributed by atoms with van der Waals surface area (Å²) in [7, 11) is 0. The van der Waals surface area contributed by atoms with Gasteiger partial charge in [0.2, 0.25) is 5.91 Å². The highest BCUT2D eigenvalue weighted by molar-refractivity contribution is 5.91. The van der Waals surface area contributed by atoms with Crippen LogP contribution in [0.25, 0.3) is 0 Å². The molecule has 1 saturated carbocycles. The maximum absolute atomic E-state index is 12.4. The Morgan fingerprint density at radius 2 is 2.00 bits per heavy atom. The van der Waals surface area contributed by atoms with Gasteiger partial charge in [0.25, 0.3) is 0 Å². The van der Waals surface area contributed by atoms with Crippen molar-refractivity contribution in [1.82, 2.24) is 10.3 Å². The molecule has 0 saturated heterocycles. The van der Waals surface area contributed by atoms with E-state index in [1.807, 2.05) is 42.6 Å². The summed E-state index contributed by atoms with van der Waals surface area (Å²) < 4.78 is 0. The largest absolute Gasteiger partial charge is 0.399 e. The van der Waals surface area contributed by atoms with E-state index in [-0.39, 0.29) is 11.3 Å². The fraction of sp³-hybridized carbons (Fsp3) is 0.294.